The van der Waals surface area contributed by atoms with Gasteiger partial charge in [-0.15, -0.1) is 0 Å². The van der Waals surface area contributed by atoms with Crippen molar-refractivity contribution in [3.05, 3.63) is 30.3 Å². The fraction of sp³-hybridized carbons (Fsp3) is 0.667. The lowest BCUT2D eigenvalue weighted by molar-refractivity contribution is 0.206. The normalized spacial score (nSPS) is 16.5. The highest BCUT2D eigenvalue weighted by atomic mass is 15.2. The molecule has 0 unspecified atom stereocenters. The minimum absolute atomic E-state index is 0.554. The average molecular weight is 360 g/mol. The molecule has 1 saturated heterocycles. The number of nitrogens with zero attached hydrogens (tertiary/aromatic N) is 3. The SMILES string of the molecule is CCCN1CCC(NC(=NC)NCCCCN(C)c2ccccc2)CC1. The number of guanidine groups is 1. The smallest absolute Gasteiger partial charge is 0.191 e. The molecule has 0 bridgehead atoms. The Morgan fingerprint density at radius 3 is 2.58 bits per heavy atom. The molecule has 1 aliphatic heterocycles. The number of para-hydroxylation sites is 1. The highest BCUT2D eigenvalue weighted by molar-refractivity contribution is 5.79. The molecule has 5 heteroatoms. The molecule has 5 nitrogen and oxygen atoms in total. The molecule has 0 spiro atoms. The number of nitrogens with one attached hydrogen (secondary N) is 2. The zero-order valence-corrected chi connectivity index (χ0v) is 16.9. The Balaban J connectivity index is 1.58. The van der Waals surface area contributed by atoms with Gasteiger partial charge in [-0.1, -0.05) is 25.1 Å². The lowest BCUT2D eigenvalue weighted by Crippen LogP contribution is -2.48. The van der Waals surface area contributed by atoms with Crippen LogP contribution in [0.3, 0.4) is 0 Å². The van der Waals surface area contributed by atoms with E-state index in [1.807, 2.05) is 7.05 Å². The van der Waals surface area contributed by atoms with Gasteiger partial charge in [0, 0.05) is 52.0 Å². The summed E-state index contributed by atoms with van der Waals surface area (Å²) >= 11 is 0. The summed E-state index contributed by atoms with van der Waals surface area (Å²) in [5, 5.41) is 7.07. The molecule has 1 aromatic rings. The van der Waals surface area contributed by atoms with E-state index in [9.17, 15) is 0 Å². The zero-order chi connectivity index (χ0) is 18.6. The first kappa shape index (κ1) is 20.6. The van der Waals surface area contributed by atoms with Crippen LogP contribution in [0.1, 0.15) is 39.0 Å². The Kier molecular flexibility index (Phi) is 9.32. The Labute approximate surface area is 159 Å². The van der Waals surface area contributed by atoms with Gasteiger partial charge in [0.05, 0.1) is 0 Å². The molecule has 0 atom stereocenters. The predicted molar refractivity (Wildman–Crippen MR) is 113 cm³/mol. The standard InChI is InChI=1S/C21H37N5/c1-4-15-26-17-12-19(13-18-26)24-21(22-2)23-14-8-9-16-25(3)20-10-6-5-7-11-20/h5-7,10-11,19H,4,8-9,12-18H2,1-3H3,(H2,22,23,24). The van der Waals surface area contributed by atoms with Crippen LogP contribution in [0.2, 0.25) is 0 Å². The van der Waals surface area contributed by atoms with Crippen molar-refractivity contribution in [1.29, 1.82) is 0 Å². The topological polar surface area (TPSA) is 42.9 Å². The van der Waals surface area contributed by atoms with Gasteiger partial charge in [0.1, 0.15) is 0 Å². The van der Waals surface area contributed by atoms with Crippen molar-refractivity contribution in [3.8, 4) is 0 Å². The summed E-state index contributed by atoms with van der Waals surface area (Å²) in [5.41, 5.74) is 1.28. The minimum atomic E-state index is 0.554. The third kappa shape index (κ3) is 7.24. The minimum Gasteiger partial charge on any atom is -0.375 e. The van der Waals surface area contributed by atoms with E-state index in [1.165, 1.54) is 51.0 Å². The van der Waals surface area contributed by atoms with Crippen molar-refractivity contribution in [1.82, 2.24) is 15.5 Å². The third-order valence-corrected chi connectivity index (χ3v) is 5.10. The van der Waals surface area contributed by atoms with E-state index in [0.29, 0.717) is 6.04 Å². The van der Waals surface area contributed by atoms with Crippen molar-refractivity contribution in [2.75, 3.05) is 51.7 Å². The molecule has 2 rings (SSSR count). The van der Waals surface area contributed by atoms with Crippen LogP contribution in [-0.4, -0.2) is 63.7 Å². The molecule has 0 aromatic heterocycles. The molecule has 1 fully saturated rings. The van der Waals surface area contributed by atoms with E-state index in [1.54, 1.807) is 0 Å². The van der Waals surface area contributed by atoms with Crippen LogP contribution in [0.4, 0.5) is 5.69 Å². The number of hydrogen-bond donors (Lipinski definition) is 2. The lowest BCUT2D eigenvalue weighted by atomic mass is 10.1. The highest BCUT2D eigenvalue weighted by Gasteiger charge is 2.19. The molecule has 1 heterocycles. The number of anilines is 1. The summed E-state index contributed by atoms with van der Waals surface area (Å²) < 4.78 is 0. The Morgan fingerprint density at radius 1 is 1.19 bits per heavy atom. The molecule has 1 aromatic carbocycles. The van der Waals surface area contributed by atoms with E-state index in [0.717, 1.165) is 25.5 Å². The molecule has 0 radical (unpaired) electrons. The molecule has 146 valence electrons. The van der Waals surface area contributed by atoms with E-state index in [4.69, 9.17) is 0 Å². The summed E-state index contributed by atoms with van der Waals surface area (Å²) in [7, 11) is 4.03. The monoisotopic (exact) mass is 359 g/mol. The highest BCUT2D eigenvalue weighted by Crippen LogP contribution is 2.12. The molecule has 0 aliphatic carbocycles. The first-order valence-electron chi connectivity index (χ1n) is 10.2. The molecule has 2 N–H and O–H groups in total. The molecule has 0 saturated carbocycles. The maximum Gasteiger partial charge on any atom is 0.191 e. The lowest BCUT2D eigenvalue weighted by Gasteiger charge is -2.32. The maximum atomic E-state index is 4.39. The van der Waals surface area contributed by atoms with E-state index in [2.05, 4.69) is 69.7 Å². The van der Waals surface area contributed by atoms with Gasteiger partial charge in [-0.05, 0) is 50.8 Å². The van der Waals surface area contributed by atoms with Gasteiger partial charge in [0.2, 0.25) is 0 Å². The zero-order valence-electron chi connectivity index (χ0n) is 16.9. The van der Waals surface area contributed by atoms with Crippen molar-refractivity contribution >= 4 is 11.6 Å². The summed E-state index contributed by atoms with van der Waals surface area (Å²) in [6, 6.07) is 11.1. The fourth-order valence-electron chi connectivity index (χ4n) is 3.50. The first-order chi connectivity index (χ1) is 12.7. The fourth-order valence-corrected chi connectivity index (χ4v) is 3.50. The van der Waals surface area contributed by atoms with Gasteiger partial charge < -0.3 is 20.4 Å². The Hall–Kier alpha value is -1.75. The quantitative estimate of drug-likeness (QED) is 0.404. The second-order valence-electron chi connectivity index (χ2n) is 7.22. The van der Waals surface area contributed by atoms with Crippen LogP contribution in [-0.2, 0) is 0 Å². The van der Waals surface area contributed by atoms with Gasteiger partial charge in [-0.25, -0.2) is 0 Å². The molecular formula is C21H37N5. The second kappa shape index (κ2) is 11.8. The van der Waals surface area contributed by atoms with E-state index in [-0.39, 0.29) is 0 Å². The summed E-state index contributed by atoms with van der Waals surface area (Å²) in [6.45, 7) is 7.94. The first-order valence-corrected chi connectivity index (χ1v) is 10.2. The molecule has 1 aliphatic rings. The van der Waals surface area contributed by atoms with Crippen LogP contribution in [0.15, 0.2) is 35.3 Å². The maximum absolute atomic E-state index is 4.39. The Morgan fingerprint density at radius 2 is 1.92 bits per heavy atom. The number of benzene rings is 1. The second-order valence-corrected chi connectivity index (χ2v) is 7.22. The number of unbranched alkanes of at least 4 members (excludes halogenated alkanes) is 1. The van der Waals surface area contributed by atoms with Gasteiger partial charge in [0.25, 0.3) is 0 Å². The van der Waals surface area contributed by atoms with Crippen molar-refractivity contribution < 1.29 is 0 Å². The molecular weight excluding hydrogens is 322 g/mol. The summed E-state index contributed by atoms with van der Waals surface area (Å²) in [5.74, 6) is 0.954. The molecule has 26 heavy (non-hydrogen) atoms. The Bertz CT molecular complexity index is 508. The number of piperidine rings is 1. The number of likely N-dealkylation sites (tertiary alicyclic amines) is 1. The van der Waals surface area contributed by atoms with Crippen molar-refractivity contribution in [3.63, 3.8) is 0 Å². The van der Waals surface area contributed by atoms with Gasteiger partial charge in [-0.2, -0.15) is 0 Å². The largest absolute Gasteiger partial charge is 0.375 e. The van der Waals surface area contributed by atoms with Crippen LogP contribution >= 0.6 is 0 Å². The number of hydrogen-bond acceptors (Lipinski definition) is 3. The number of rotatable bonds is 9. The third-order valence-electron chi connectivity index (χ3n) is 5.10. The van der Waals surface area contributed by atoms with Gasteiger partial charge >= 0.3 is 0 Å². The van der Waals surface area contributed by atoms with Crippen LogP contribution < -0.4 is 15.5 Å². The predicted octanol–water partition coefficient (Wildman–Crippen LogP) is 2.94. The van der Waals surface area contributed by atoms with Crippen LogP contribution in [0, 0.1) is 0 Å². The summed E-state index contributed by atoms with van der Waals surface area (Å²) in [6.07, 6.45) is 5.99. The van der Waals surface area contributed by atoms with Crippen LogP contribution in [0.5, 0.6) is 0 Å². The van der Waals surface area contributed by atoms with Gasteiger partial charge in [-0.3, -0.25) is 4.99 Å². The van der Waals surface area contributed by atoms with E-state index >= 15 is 0 Å². The van der Waals surface area contributed by atoms with E-state index < -0.39 is 0 Å². The summed E-state index contributed by atoms with van der Waals surface area (Å²) in [4.78, 5) is 9.27. The van der Waals surface area contributed by atoms with Gasteiger partial charge in [0.15, 0.2) is 5.96 Å². The molecule has 0 amide bonds. The van der Waals surface area contributed by atoms with Crippen molar-refractivity contribution in [2.45, 2.75) is 45.1 Å². The average Bonchev–Trinajstić information content (AvgIpc) is 2.69. The van der Waals surface area contributed by atoms with Crippen molar-refractivity contribution in [2.24, 2.45) is 4.99 Å². The number of aliphatic imine (C=N–C) groups is 1. The van der Waals surface area contributed by atoms with Crippen LogP contribution in [0.25, 0.3) is 0 Å².